The Labute approximate surface area is 126 Å². The van der Waals surface area contributed by atoms with Gasteiger partial charge in [-0.1, -0.05) is 0 Å². The molecule has 1 amide bonds. The predicted molar refractivity (Wildman–Crippen MR) is 79.5 cm³/mol. The van der Waals surface area contributed by atoms with Crippen LogP contribution in [0.25, 0.3) is 0 Å². The quantitative estimate of drug-likeness (QED) is 0.925. The van der Waals surface area contributed by atoms with Gasteiger partial charge in [0.1, 0.15) is 0 Å². The van der Waals surface area contributed by atoms with E-state index >= 15 is 0 Å². The van der Waals surface area contributed by atoms with Crippen LogP contribution in [-0.2, 0) is 17.7 Å². The molecule has 21 heavy (non-hydrogen) atoms. The van der Waals surface area contributed by atoms with Crippen molar-refractivity contribution in [2.75, 3.05) is 19.8 Å². The maximum atomic E-state index is 12.8. The van der Waals surface area contributed by atoms with Crippen LogP contribution in [0.4, 0.5) is 0 Å². The number of ether oxygens (including phenoxy) is 1. The maximum absolute atomic E-state index is 12.8. The molecular formula is C15H17N3O2S. The Balaban J connectivity index is 1.57. The van der Waals surface area contributed by atoms with E-state index in [1.807, 2.05) is 4.90 Å². The van der Waals surface area contributed by atoms with E-state index in [0.29, 0.717) is 12.2 Å². The summed E-state index contributed by atoms with van der Waals surface area (Å²) in [6.07, 6.45) is 3.57. The zero-order valence-corrected chi connectivity index (χ0v) is 12.5. The van der Waals surface area contributed by atoms with Crippen LogP contribution in [0.2, 0.25) is 0 Å². The van der Waals surface area contributed by atoms with Crippen molar-refractivity contribution in [3.8, 4) is 0 Å². The summed E-state index contributed by atoms with van der Waals surface area (Å²) in [5.74, 6) is 0.359. The smallest absolute Gasteiger partial charge is 0.257 e. The molecule has 110 valence electrons. The number of aromatic nitrogens is 2. The van der Waals surface area contributed by atoms with Crippen LogP contribution in [0.15, 0.2) is 17.6 Å². The van der Waals surface area contributed by atoms with E-state index in [4.69, 9.17) is 4.74 Å². The van der Waals surface area contributed by atoms with E-state index in [9.17, 15) is 4.79 Å². The van der Waals surface area contributed by atoms with E-state index in [-0.39, 0.29) is 11.8 Å². The van der Waals surface area contributed by atoms with Gasteiger partial charge in [-0.05, 0) is 29.9 Å². The summed E-state index contributed by atoms with van der Waals surface area (Å²) >= 11 is 1.74. The monoisotopic (exact) mass is 303 g/mol. The van der Waals surface area contributed by atoms with Gasteiger partial charge in [0.25, 0.3) is 5.91 Å². The van der Waals surface area contributed by atoms with Crippen molar-refractivity contribution in [1.82, 2.24) is 15.1 Å². The number of amides is 1. The molecule has 0 unspecified atom stereocenters. The first-order valence-electron chi connectivity index (χ1n) is 7.28. The number of carbonyl (C=O) groups excluding carboxylic acids is 1. The van der Waals surface area contributed by atoms with E-state index in [2.05, 4.69) is 21.6 Å². The van der Waals surface area contributed by atoms with Gasteiger partial charge in [0.05, 0.1) is 30.6 Å². The second kappa shape index (κ2) is 5.27. The third-order valence-electron chi connectivity index (χ3n) is 4.35. The SMILES string of the molecule is O=C(c1cn[nH]c1[C@@H]1CCOC1)N1CCc2ccsc2C1. The van der Waals surface area contributed by atoms with Crippen LogP contribution in [-0.4, -0.2) is 40.8 Å². The van der Waals surface area contributed by atoms with E-state index < -0.39 is 0 Å². The maximum Gasteiger partial charge on any atom is 0.257 e. The molecule has 2 aromatic rings. The van der Waals surface area contributed by atoms with Crippen LogP contribution < -0.4 is 0 Å². The largest absolute Gasteiger partial charge is 0.381 e. The lowest BCUT2D eigenvalue weighted by Gasteiger charge is -2.27. The first-order chi connectivity index (χ1) is 10.3. The third kappa shape index (κ3) is 2.28. The minimum Gasteiger partial charge on any atom is -0.381 e. The fourth-order valence-electron chi connectivity index (χ4n) is 3.12. The summed E-state index contributed by atoms with van der Waals surface area (Å²) in [4.78, 5) is 16.0. The summed E-state index contributed by atoms with van der Waals surface area (Å²) in [6, 6.07) is 2.17. The molecule has 0 saturated carbocycles. The lowest BCUT2D eigenvalue weighted by atomic mass is 10.00. The lowest BCUT2D eigenvalue weighted by molar-refractivity contribution is 0.0735. The summed E-state index contributed by atoms with van der Waals surface area (Å²) in [5.41, 5.74) is 3.04. The van der Waals surface area contributed by atoms with Crippen molar-refractivity contribution < 1.29 is 9.53 Å². The number of carbonyl (C=O) groups is 1. The zero-order valence-electron chi connectivity index (χ0n) is 11.7. The number of fused-ring (bicyclic) bond motifs is 1. The molecule has 2 aliphatic rings. The van der Waals surface area contributed by atoms with E-state index in [1.165, 1.54) is 10.4 Å². The van der Waals surface area contributed by atoms with Gasteiger partial charge >= 0.3 is 0 Å². The number of rotatable bonds is 2. The van der Waals surface area contributed by atoms with Gasteiger partial charge in [0, 0.05) is 23.9 Å². The second-order valence-electron chi connectivity index (χ2n) is 5.60. The number of H-pyrrole nitrogens is 1. The molecule has 1 saturated heterocycles. The standard InChI is InChI=1S/C15H17N3O2S/c19-15(18-4-1-10-3-6-21-13(10)8-18)12-7-16-17-14(12)11-2-5-20-9-11/h3,6-7,11H,1-2,4-5,8-9H2,(H,16,17)/t11-/m1/s1. The molecule has 1 atom stereocenters. The van der Waals surface area contributed by atoms with Gasteiger partial charge < -0.3 is 9.64 Å². The van der Waals surface area contributed by atoms with Crippen LogP contribution in [0.3, 0.4) is 0 Å². The molecule has 0 bridgehead atoms. The number of thiophene rings is 1. The lowest BCUT2D eigenvalue weighted by Crippen LogP contribution is -2.35. The van der Waals surface area contributed by atoms with Crippen molar-refractivity contribution >= 4 is 17.2 Å². The van der Waals surface area contributed by atoms with Crippen molar-refractivity contribution in [2.24, 2.45) is 0 Å². The zero-order chi connectivity index (χ0) is 14.2. The first kappa shape index (κ1) is 13.0. The molecule has 2 aromatic heterocycles. The summed E-state index contributed by atoms with van der Waals surface area (Å²) < 4.78 is 5.43. The first-order valence-corrected chi connectivity index (χ1v) is 8.16. The molecule has 1 N–H and O–H groups in total. The summed E-state index contributed by atoms with van der Waals surface area (Å²) in [6.45, 7) is 2.95. The molecule has 4 heterocycles. The Hall–Kier alpha value is -1.66. The Morgan fingerprint density at radius 2 is 2.48 bits per heavy atom. The van der Waals surface area contributed by atoms with Crippen LogP contribution in [0.5, 0.6) is 0 Å². The highest BCUT2D eigenvalue weighted by Gasteiger charge is 2.29. The highest BCUT2D eigenvalue weighted by atomic mass is 32.1. The summed E-state index contributed by atoms with van der Waals surface area (Å²) in [5, 5.41) is 9.21. The Morgan fingerprint density at radius 1 is 1.52 bits per heavy atom. The van der Waals surface area contributed by atoms with Crippen LogP contribution in [0, 0.1) is 0 Å². The fourth-order valence-corrected chi connectivity index (χ4v) is 4.07. The Morgan fingerprint density at radius 3 is 3.33 bits per heavy atom. The summed E-state index contributed by atoms with van der Waals surface area (Å²) in [7, 11) is 0. The van der Waals surface area contributed by atoms with E-state index in [1.54, 1.807) is 17.5 Å². The second-order valence-corrected chi connectivity index (χ2v) is 6.60. The number of hydrogen-bond donors (Lipinski definition) is 1. The van der Waals surface area contributed by atoms with E-state index in [0.717, 1.165) is 38.2 Å². The van der Waals surface area contributed by atoms with Gasteiger partial charge in [0.2, 0.25) is 0 Å². The minimum atomic E-state index is 0.0877. The molecule has 0 spiro atoms. The Kier molecular flexibility index (Phi) is 3.27. The molecule has 6 heteroatoms. The van der Waals surface area contributed by atoms with Crippen molar-refractivity contribution in [3.05, 3.63) is 39.3 Å². The van der Waals surface area contributed by atoms with Gasteiger partial charge in [-0.15, -0.1) is 11.3 Å². The molecule has 5 nitrogen and oxygen atoms in total. The van der Waals surface area contributed by atoms with Gasteiger partial charge in [-0.2, -0.15) is 5.10 Å². The number of hydrogen-bond acceptors (Lipinski definition) is 4. The third-order valence-corrected chi connectivity index (χ3v) is 5.30. The molecule has 0 aliphatic carbocycles. The molecule has 4 rings (SSSR count). The van der Waals surface area contributed by atoms with Gasteiger partial charge in [0.15, 0.2) is 0 Å². The molecule has 1 fully saturated rings. The molecule has 2 aliphatic heterocycles. The molecule has 0 radical (unpaired) electrons. The number of aromatic amines is 1. The Bertz CT molecular complexity index is 657. The van der Waals surface area contributed by atoms with Crippen LogP contribution >= 0.6 is 11.3 Å². The number of nitrogens with zero attached hydrogens (tertiary/aromatic N) is 2. The highest BCUT2D eigenvalue weighted by molar-refractivity contribution is 7.10. The van der Waals surface area contributed by atoms with Crippen molar-refractivity contribution in [3.63, 3.8) is 0 Å². The average Bonchev–Trinajstić information content (AvgIpc) is 3.24. The predicted octanol–water partition coefficient (Wildman–Crippen LogP) is 2.17. The molecule has 0 aromatic carbocycles. The normalized spacial score (nSPS) is 21.5. The van der Waals surface area contributed by atoms with Gasteiger partial charge in [-0.25, -0.2) is 0 Å². The van der Waals surface area contributed by atoms with Crippen molar-refractivity contribution in [2.45, 2.75) is 25.3 Å². The van der Waals surface area contributed by atoms with Gasteiger partial charge in [-0.3, -0.25) is 9.89 Å². The average molecular weight is 303 g/mol. The number of nitrogens with one attached hydrogen (secondary N) is 1. The highest BCUT2D eigenvalue weighted by Crippen LogP contribution is 2.29. The van der Waals surface area contributed by atoms with Crippen molar-refractivity contribution in [1.29, 1.82) is 0 Å². The minimum absolute atomic E-state index is 0.0877. The fraction of sp³-hybridized carbons (Fsp3) is 0.467. The molecular weight excluding hydrogens is 286 g/mol. The van der Waals surface area contributed by atoms with Crippen LogP contribution in [0.1, 0.15) is 38.8 Å². The topological polar surface area (TPSA) is 58.2 Å².